The van der Waals surface area contributed by atoms with Gasteiger partial charge in [-0.1, -0.05) is 0 Å². The van der Waals surface area contributed by atoms with E-state index in [9.17, 15) is 10.1 Å². The zero-order valence-electron chi connectivity index (χ0n) is 11.8. The molecule has 0 aliphatic rings. The van der Waals surface area contributed by atoms with Crippen molar-refractivity contribution in [2.24, 2.45) is 0 Å². The van der Waals surface area contributed by atoms with Crippen LogP contribution < -0.4 is 0 Å². The first-order valence-electron chi connectivity index (χ1n) is 6.55. The predicted octanol–water partition coefficient (Wildman–Crippen LogP) is 3.86. The van der Waals surface area contributed by atoms with Crippen molar-refractivity contribution in [3.05, 3.63) is 55.3 Å². The minimum absolute atomic E-state index is 0.0869. The molecular formula is C14H13BrN4O2S. The van der Waals surface area contributed by atoms with E-state index in [2.05, 4.69) is 32.0 Å². The van der Waals surface area contributed by atoms with Gasteiger partial charge >= 0.3 is 0 Å². The van der Waals surface area contributed by atoms with Crippen molar-refractivity contribution in [3.8, 4) is 0 Å². The molecule has 0 aliphatic carbocycles. The van der Waals surface area contributed by atoms with Crippen molar-refractivity contribution in [3.63, 3.8) is 0 Å². The summed E-state index contributed by atoms with van der Waals surface area (Å²) in [6.45, 7) is 1.45. The van der Waals surface area contributed by atoms with E-state index in [-0.39, 0.29) is 5.69 Å². The SMILES string of the molecule is CN(Cc1ccc(Br)s1)Cn1ncc2cc([N+](=O)[O-])ccc21. The van der Waals surface area contributed by atoms with Gasteiger partial charge in [0.1, 0.15) is 0 Å². The van der Waals surface area contributed by atoms with Crippen LogP contribution in [0.3, 0.4) is 0 Å². The number of non-ortho nitro benzene ring substituents is 1. The second-order valence-corrected chi connectivity index (χ2v) is 7.55. The Bertz CT molecular complexity index is 829. The third-order valence-corrected chi connectivity index (χ3v) is 4.87. The van der Waals surface area contributed by atoms with Gasteiger partial charge in [-0.15, -0.1) is 11.3 Å². The van der Waals surface area contributed by atoms with Crippen LogP contribution in [0, 0.1) is 10.1 Å². The second-order valence-electron chi connectivity index (χ2n) is 5.01. The number of nitro groups is 1. The van der Waals surface area contributed by atoms with Crippen LogP contribution in [-0.2, 0) is 13.2 Å². The molecule has 6 nitrogen and oxygen atoms in total. The first-order chi connectivity index (χ1) is 10.5. The molecule has 2 heterocycles. The van der Waals surface area contributed by atoms with Crippen molar-refractivity contribution in [1.29, 1.82) is 0 Å². The smallest absolute Gasteiger partial charge is 0.270 e. The average molecular weight is 381 g/mol. The summed E-state index contributed by atoms with van der Waals surface area (Å²) in [5.74, 6) is 0. The van der Waals surface area contributed by atoms with Crippen LogP contribution in [0.25, 0.3) is 10.9 Å². The molecule has 0 fully saturated rings. The Balaban J connectivity index is 1.77. The Morgan fingerprint density at radius 3 is 2.91 bits per heavy atom. The third-order valence-electron chi connectivity index (χ3n) is 3.27. The maximum absolute atomic E-state index is 10.8. The zero-order chi connectivity index (χ0) is 15.7. The lowest BCUT2D eigenvalue weighted by atomic mass is 10.2. The highest BCUT2D eigenvalue weighted by Gasteiger charge is 2.11. The third kappa shape index (κ3) is 3.18. The van der Waals surface area contributed by atoms with E-state index in [1.807, 2.05) is 17.8 Å². The lowest BCUT2D eigenvalue weighted by molar-refractivity contribution is -0.384. The number of fused-ring (bicyclic) bond motifs is 1. The lowest BCUT2D eigenvalue weighted by Gasteiger charge is -2.16. The van der Waals surface area contributed by atoms with Gasteiger partial charge in [-0.3, -0.25) is 19.7 Å². The van der Waals surface area contributed by atoms with Gasteiger partial charge in [0, 0.05) is 28.9 Å². The van der Waals surface area contributed by atoms with Crippen LogP contribution in [-0.4, -0.2) is 26.7 Å². The first kappa shape index (κ1) is 15.1. The van der Waals surface area contributed by atoms with Crippen molar-refractivity contribution in [2.75, 3.05) is 7.05 Å². The van der Waals surface area contributed by atoms with Crippen molar-refractivity contribution >= 4 is 43.9 Å². The number of nitro benzene ring substituents is 1. The highest BCUT2D eigenvalue weighted by molar-refractivity contribution is 9.11. The van der Waals surface area contributed by atoms with Crippen molar-refractivity contribution in [1.82, 2.24) is 14.7 Å². The molecule has 8 heteroatoms. The molecule has 0 N–H and O–H groups in total. The summed E-state index contributed by atoms with van der Waals surface area (Å²) >= 11 is 5.17. The van der Waals surface area contributed by atoms with Gasteiger partial charge in [-0.25, -0.2) is 0 Å². The molecule has 0 amide bonds. The van der Waals surface area contributed by atoms with E-state index in [4.69, 9.17) is 0 Å². The van der Waals surface area contributed by atoms with Gasteiger partial charge < -0.3 is 0 Å². The molecule has 114 valence electrons. The van der Waals surface area contributed by atoms with E-state index in [0.717, 1.165) is 21.2 Å². The lowest BCUT2D eigenvalue weighted by Crippen LogP contribution is -2.21. The van der Waals surface area contributed by atoms with E-state index < -0.39 is 4.92 Å². The fourth-order valence-corrected chi connectivity index (χ4v) is 3.85. The van der Waals surface area contributed by atoms with E-state index in [1.54, 1.807) is 29.7 Å². The molecule has 3 aromatic rings. The summed E-state index contributed by atoms with van der Waals surface area (Å²) in [6, 6.07) is 8.94. The highest BCUT2D eigenvalue weighted by atomic mass is 79.9. The van der Waals surface area contributed by atoms with Gasteiger partial charge in [0.25, 0.3) is 5.69 Å². The molecule has 0 atom stereocenters. The molecule has 1 aromatic carbocycles. The van der Waals surface area contributed by atoms with Gasteiger partial charge in [-0.05, 0) is 41.2 Å². The summed E-state index contributed by atoms with van der Waals surface area (Å²) in [5, 5.41) is 15.9. The van der Waals surface area contributed by atoms with Gasteiger partial charge in [0.15, 0.2) is 0 Å². The Morgan fingerprint density at radius 1 is 1.41 bits per heavy atom. The highest BCUT2D eigenvalue weighted by Crippen LogP contribution is 2.24. The molecule has 0 unspecified atom stereocenters. The molecule has 0 saturated carbocycles. The molecule has 2 aromatic heterocycles. The summed E-state index contributed by atoms with van der Waals surface area (Å²) in [4.78, 5) is 13.8. The number of thiophene rings is 1. The summed E-state index contributed by atoms with van der Waals surface area (Å²) in [5.41, 5.74) is 0.980. The monoisotopic (exact) mass is 380 g/mol. The molecule has 0 bridgehead atoms. The summed E-state index contributed by atoms with van der Waals surface area (Å²) in [6.07, 6.45) is 1.66. The zero-order valence-corrected chi connectivity index (χ0v) is 14.2. The van der Waals surface area contributed by atoms with Crippen LogP contribution >= 0.6 is 27.3 Å². The molecule has 22 heavy (non-hydrogen) atoms. The standard InChI is InChI=1S/C14H13BrN4O2S/c1-17(8-12-3-5-14(15)22-12)9-18-13-4-2-11(19(20)21)6-10(13)7-16-18/h2-7H,8-9H2,1H3. The van der Waals surface area contributed by atoms with Crippen LogP contribution in [0.1, 0.15) is 4.88 Å². The topological polar surface area (TPSA) is 64.2 Å². The molecule has 0 spiro atoms. The Hall–Kier alpha value is -1.77. The maximum Gasteiger partial charge on any atom is 0.270 e. The molecule has 0 saturated heterocycles. The quantitative estimate of drug-likeness (QED) is 0.497. The van der Waals surface area contributed by atoms with E-state index >= 15 is 0 Å². The number of benzene rings is 1. The number of rotatable bonds is 5. The average Bonchev–Trinajstić information content (AvgIpc) is 3.05. The normalized spacial score (nSPS) is 11.4. The fourth-order valence-electron chi connectivity index (χ4n) is 2.28. The summed E-state index contributed by atoms with van der Waals surface area (Å²) in [7, 11) is 2.02. The van der Waals surface area contributed by atoms with E-state index in [0.29, 0.717) is 6.67 Å². The number of halogens is 1. The Labute approximate surface area is 139 Å². The van der Waals surface area contributed by atoms with Crippen LogP contribution in [0.2, 0.25) is 0 Å². The maximum atomic E-state index is 10.8. The first-order valence-corrected chi connectivity index (χ1v) is 8.16. The Kier molecular flexibility index (Phi) is 4.23. The van der Waals surface area contributed by atoms with Crippen molar-refractivity contribution in [2.45, 2.75) is 13.2 Å². The Morgan fingerprint density at radius 2 is 2.23 bits per heavy atom. The van der Waals surface area contributed by atoms with Crippen LogP contribution in [0.15, 0.2) is 40.3 Å². The fraction of sp³-hybridized carbons (Fsp3) is 0.214. The van der Waals surface area contributed by atoms with Crippen molar-refractivity contribution < 1.29 is 4.92 Å². The minimum atomic E-state index is -0.391. The van der Waals surface area contributed by atoms with Gasteiger partial charge in [0.2, 0.25) is 0 Å². The number of hydrogen-bond donors (Lipinski definition) is 0. The van der Waals surface area contributed by atoms with Gasteiger partial charge in [-0.2, -0.15) is 5.10 Å². The van der Waals surface area contributed by atoms with Gasteiger partial charge in [0.05, 0.1) is 27.1 Å². The minimum Gasteiger partial charge on any atom is -0.282 e. The molecule has 0 radical (unpaired) electrons. The molecule has 3 rings (SSSR count). The number of aromatic nitrogens is 2. The van der Waals surface area contributed by atoms with Crippen LogP contribution in [0.4, 0.5) is 5.69 Å². The number of hydrogen-bond acceptors (Lipinski definition) is 5. The summed E-state index contributed by atoms with van der Waals surface area (Å²) < 4.78 is 2.97. The largest absolute Gasteiger partial charge is 0.282 e. The molecular weight excluding hydrogens is 368 g/mol. The molecule has 0 aliphatic heterocycles. The second kappa shape index (κ2) is 6.15. The van der Waals surface area contributed by atoms with Crippen LogP contribution in [0.5, 0.6) is 0 Å². The number of nitrogens with zero attached hydrogens (tertiary/aromatic N) is 4. The predicted molar refractivity (Wildman–Crippen MR) is 89.9 cm³/mol. The van der Waals surface area contributed by atoms with E-state index in [1.165, 1.54) is 10.9 Å².